The quantitative estimate of drug-likeness (QED) is 0.260. The van der Waals surface area contributed by atoms with Gasteiger partial charge in [0, 0.05) is 24.3 Å². The summed E-state index contributed by atoms with van der Waals surface area (Å²) in [6, 6.07) is 6.65. The van der Waals surface area contributed by atoms with E-state index in [2.05, 4.69) is 25.7 Å². The molecule has 2 heterocycles. The van der Waals surface area contributed by atoms with Gasteiger partial charge in [-0.25, -0.2) is 14.2 Å². The van der Waals surface area contributed by atoms with Crippen molar-refractivity contribution in [2.75, 3.05) is 37.4 Å². The summed E-state index contributed by atoms with van der Waals surface area (Å²) in [5.41, 5.74) is -4.07. The Morgan fingerprint density at radius 2 is 1.82 bits per heavy atom. The summed E-state index contributed by atoms with van der Waals surface area (Å²) in [4.78, 5) is 41.9. The highest BCUT2D eigenvalue weighted by Crippen LogP contribution is 2.41. The Labute approximate surface area is 216 Å². The monoisotopic (exact) mass is 555 g/mol. The second-order valence-corrected chi connectivity index (χ2v) is 9.47. The van der Waals surface area contributed by atoms with E-state index >= 15 is 0 Å². The van der Waals surface area contributed by atoms with E-state index in [0.717, 1.165) is 35.6 Å². The number of rotatable bonds is 7. The van der Waals surface area contributed by atoms with E-state index in [1.165, 1.54) is 25.3 Å². The van der Waals surface area contributed by atoms with E-state index in [1.807, 2.05) is 0 Å². The number of esters is 1. The number of hydrogen-bond acceptors (Lipinski definition) is 8. The maximum absolute atomic E-state index is 14.0. The lowest BCUT2D eigenvalue weighted by Crippen LogP contribution is -2.64. The van der Waals surface area contributed by atoms with Crippen LogP contribution < -0.4 is 16.0 Å². The van der Waals surface area contributed by atoms with E-state index in [0.29, 0.717) is 5.69 Å². The number of benzene rings is 2. The first-order chi connectivity index (χ1) is 17.9. The third-order valence-corrected chi connectivity index (χ3v) is 6.67. The lowest BCUT2D eigenvalue weighted by Gasteiger charge is -2.40. The molecule has 0 saturated carbocycles. The number of nitrogens with one attached hydrogen (secondary N) is 3. The van der Waals surface area contributed by atoms with Gasteiger partial charge in [-0.15, -0.1) is 0 Å². The Morgan fingerprint density at radius 1 is 1.13 bits per heavy atom. The zero-order valence-corrected chi connectivity index (χ0v) is 20.5. The van der Waals surface area contributed by atoms with Crippen molar-refractivity contribution in [1.82, 2.24) is 15.2 Å². The van der Waals surface area contributed by atoms with Crippen LogP contribution in [0.2, 0.25) is 0 Å². The molecule has 38 heavy (non-hydrogen) atoms. The van der Waals surface area contributed by atoms with Gasteiger partial charge in [-0.1, -0.05) is 17.4 Å². The van der Waals surface area contributed by atoms with Crippen LogP contribution in [0.1, 0.15) is 5.56 Å². The first kappa shape index (κ1) is 27.2. The molecule has 3 aromatic rings. The van der Waals surface area contributed by atoms with Crippen molar-refractivity contribution < 1.29 is 41.8 Å². The van der Waals surface area contributed by atoms with Crippen molar-refractivity contribution in [3.05, 3.63) is 53.8 Å². The second kappa shape index (κ2) is 10.5. The van der Waals surface area contributed by atoms with Gasteiger partial charge in [0.1, 0.15) is 5.82 Å². The fourth-order valence-electron chi connectivity index (χ4n) is 3.75. The number of methoxy groups -OCH3 is 1. The predicted molar refractivity (Wildman–Crippen MR) is 129 cm³/mol. The van der Waals surface area contributed by atoms with Gasteiger partial charge < -0.3 is 20.5 Å². The molecule has 202 valence electrons. The lowest BCUT2D eigenvalue weighted by atomic mass is 9.91. The highest BCUT2D eigenvalue weighted by molar-refractivity contribution is 7.22. The number of likely N-dealkylation sites (tertiary alicyclic amines) is 1. The van der Waals surface area contributed by atoms with Crippen LogP contribution in [0.4, 0.5) is 33.2 Å². The fourth-order valence-corrected chi connectivity index (χ4v) is 4.65. The van der Waals surface area contributed by atoms with Crippen LogP contribution in [0.15, 0.2) is 42.5 Å². The maximum Gasteiger partial charge on any atom is 0.430 e. The molecule has 4 rings (SSSR count). The van der Waals surface area contributed by atoms with Crippen molar-refractivity contribution in [1.29, 1.82) is 0 Å². The van der Waals surface area contributed by atoms with Crippen molar-refractivity contribution in [2.24, 2.45) is 0 Å². The van der Waals surface area contributed by atoms with Crippen LogP contribution >= 0.6 is 11.3 Å². The summed E-state index contributed by atoms with van der Waals surface area (Å²) in [5, 5.41) is 17.8. The lowest BCUT2D eigenvalue weighted by molar-refractivity contribution is -0.257. The van der Waals surface area contributed by atoms with Crippen LogP contribution in [-0.2, 0) is 19.9 Å². The average molecular weight is 556 g/mol. The SMILES string of the molecule is COC(=O)CN1CC(NC(=O)[C@@](O)(c2ccc3nc(NC(=O)Nc4ccc(F)cc4)sc3c2)C(F)(F)F)C1. The van der Waals surface area contributed by atoms with Gasteiger partial charge in [0.2, 0.25) is 0 Å². The maximum atomic E-state index is 14.0. The molecule has 0 spiro atoms. The molecule has 1 fully saturated rings. The van der Waals surface area contributed by atoms with Gasteiger partial charge in [0.25, 0.3) is 11.5 Å². The number of aliphatic hydroxyl groups is 1. The average Bonchev–Trinajstić information content (AvgIpc) is 3.23. The molecular formula is C23H21F4N5O5S. The molecule has 0 unspecified atom stereocenters. The number of thiazole rings is 1. The number of aromatic nitrogens is 1. The number of ether oxygens (including phenoxy) is 1. The number of urea groups is 1. The van der Waals surface area contributed by atoms with E-state index in [-0.39, 0.29) is 35.0 Å². The standard InChI is InChI=1S/C23H21F4N5O5S/c1-37-18(33)11-32-9-15(10-32)28-19(34)22(36,23(25,26)27)12-2-7-16-17(8-12)38-21(30-16)31-20(35)29-14-5-3-13(24)4-6-14/h2-8,15,36H,9-11H2,1H3,(H,28,34)(H2,29,30,31,35)/t22-/m0/s1. The molecule has 1 saturated heterocycles. The van der Waals surface area contributed by atoms with Gasteiger partial charge in [-0.3, -0.25) is 19.8 Å². The third kappa shape index (κ3) is 5.69. The summed E-state index contributed by atoms with van der Waals surface area (Å²) in [6.07, 6.45) is -5.36. The second-order valence-electron chi connectivity index (χ2n) is 8.44. The minimum atomic E-state index is -5.36. The van der Waals surface area contributed by atoms with E-state index in [9.17, 15) is 37.1 Å². The molecule has 1 aliphatic heterocycles. The number of halogens is 4. The third-order valence-electron chi connectivity index (χ3n) is 5.74. The Bertz CT molecular complexity index is 1360. The topological polar surface area (TPSA) is 133 Å². The molecule has 1 aliphatic rings. The minimum Gasteiger partial charge on any atom is -0.468 e. The Morgan fingerprint density at radius 3 is 2.45 bits per heavy atom. The highest BCUT2D eigenvalue weighted by Gasteiger charge is 2.61. The molecule has 1 atom stereocenters. The molecular weight excluding hydrogens is 534 g/mol. The summed E-state index contributed by atoms with van der Waals surface area (Å²) in [6.45, 7) is 0.141. The van der Waals surface area contributed by atoms with Crippen LogP contribution in [0.5, 0.6) is 0 Å². The van der Waals surface area contributed by atoms with Gasteiger partial charge in [-0.2, -0.15) is 13.2 Å². The molecule has 1 aromatic heterocycles. The highest BCUT2D eigenvalue weighted by atomic mass is 32.1. The van der Waals surface area contributed by atoms with Crippen LogP contribution in [0.3, 0.4) is 0 Å². The van der Waals surface area contributed by atoms with Gasteiger partial charge in [0.15, 0.2) is 5.13 Å². The van der Waals surface area contributed by atoms with Crippen molar-refractivity contribution >= 4 is 50.3 Å². The van der Waals surface area contributed by atoms with Crippen LogP contribution in [0.25, 0.3) is 10.2 Å². The summed E-state index contributed by atoms with van der Waals surface area (Å²) < 4.78 is 59.8. The Hall–Kier alpha value is -3.82. The van der Waals surface area contributed by atoms with Crippen molar-refractivity contribution in [3.63, 3.8) is 0 Å². The van der Waals surface area contributed by atoms with Gasteiger partial charge in [-0.05, 0) is 36.4 Å². The fraction of sp³-hybridized carbons (Fsp3) is 0.304. The number of alkyl halides is 3. The molecule has 3 amide bonds. The van der Waals surface area contributed by atoms with Crippen molar-refractivity contribution in [2.45, 2.75) is 17.8 Å². The van der Waals surface area contributed by atoms with Crippen LogP contribution in [-0.4, -0.2) is 71.9 Å². The first-order valence-electron chi connectivity index (χ1n) is 11.0. The zero-order valence-electron chi connectivity index (χ0n) is 19.6. The van der Waals surface area contributed by atoms with Gasteiger partial charge >= 0.3 is 18.2 Å². The Kier molecular flexibility index (Phi) is 7.53. The summed E-state index contributed by atoms with van der Waals surface area (Å²) in [7, 11) is 1.20. The van der Waals surface area contributed by atoms with E-state index in [1.54, 1.807) is 4.90 Å². The first-order valence-corrected chi connectivity index (χ1v) is 11.8. The molecule has 0 bridgehead atoms. The number of amides is 3. The number of carbonyl (C=O) groups excluding carboxylic acids is 3. The largest absolute Gasteiger partial charge is 0.468 e. The number of hydrogen-bond donors (Lipinski definition) is 4. The van der Waals surface area contributed by atoms with Crippen LogP contribution in [0, 0.1) is 5.82 Å². The molecule has 0 aliphatic carbocycles. The normalized spacial score (nSPS) is 15.8. The van der Waals surface area contributed by atoms with E-state index < -0.39 is 47.1 Å². The Balaban J connectivity index is 1.48. The zero-order chi connectivity index (χ0) is 27.7. The summed E-state index contributed by atoms with van der Waals surface area (Å²) >= 11 is 0.825. The summed E-state index contributed by atoms with van der Waals surface area (Å²) in [5.74, 6) is -2.67. The minimum absolute atomic E-state index is 0.0388. The molecule has 0 radical (unpaired) electrons. The van der Waals surface area contributed by atoms with E-state index in [4.69, 9.17) is 0 Å². The number of fused-ring (bicyclic) bond motifs is 1. The molecule has 10 nitrogen and oxygen atoms in total. The number of carbonyl (C=O) groups is 3. The number of nitrogens with zero attached hydrogens (tertiary/aromatic N) is 2. The molecule has 2 aromatic carbocycles. The van der Waals surface area contributed by atoms with Crippen molar-refractivity contribution in [3.8, 4) is 0 Å². The number of anilines is 2. The molecule has 4 N–H and O–H groups in total. The van der Waals surface area contributed by atoms with Gasteiger partial charge in [0.05, 0.1) is 29.9 Å². The predicted octanol–water partition coefficient (Wildman–Crippen LogP) is 2.80. The molecule has 15 heteroatoms. The smallest absolute Gasteiger partial charge is 0.430 e.